The standard InChI is InChI=1S/C23H26FNO5/c1-11(2)30-23(28)18-13(4)25-16-9-12(3)17(22(27)29-5)21(26)20(16)19(18)14-7-6-8-15(24)10-14/h6-8,10-12,17,19,25H,9H2,1-5H3/t12-,17+,19+/m1/s1. The van der Waals surface area contributed by atoms with E-state index < -0.39 is 35.4 Å². The first-order valence-corrected chi connectivity index (χ1v) is 9.95. The van der Waals surface area contributed by atoms with E-state index in [0.717, 1.165) is 0 Å². The number of carbonyl (C=O) groups is 3. The molecule has 3 rings (SSSR count). The van der Waals surface area contributed by atoms with E-state index >= 15 is 0 Å². The Morgan fingerprint density at radius 3 is 2.57 bits per heavy atom. The number of benzene rings is 1. The number of ether oxygens (including phenoxy) is 2. The Balaban J connectivity index is 2.19. The second-order valence-corrected chi connectivity index (χ2v) is 8.04. The second-order valence-electron chi connectivity index (χ2n) is 8.04. The Bertz CT molecular complexity index is 962. The van der Waals surface area contributed by atoms with Gasteiger partial charge in [0.25, 0.3) is 0 Å². The summed E-state index contributed by atoms with van der Waals surface area (Å²) in [5, 5.41) is 3.17. The minimum atomic E-state index is -0.979. The summed E-state index contributed by atoms with van der Waals surface area (Å²) in [5.41, 5.74) is 2.16. The molecule has 0 saturated carbocycles. The van der Waals surface area contributed by atoms with Gasteiger partial charge in [-0.05, 0) is 50.8 Å². The maximum absolute atomic E-state index is 14.1. The molecule has 1 N–H and O–H groups in total. The lowest BCUT2D eigenvalue weighted by Gasteiger charge is -2.38. The number of methoxy groups -OCH3 is 1. The molecule has 2 aliphatic rings. The van der Waals surface area contributed by atoms with E-state index in [4.69, 9.17) is 9.47 Å². The van der Waals surface area contributed by atoms with Crippen molar-refractivity contribution in [2.24, 2.45) is 11.8 Å². The molecule has 0 amide bonds. The molecule has 1 aromatic rings. The summed E-state index contributed by atoms with van der Waals surface area (Å²) in [6.07, 6.45) is 0.0579. The molecule has 3 atom stereocenters. The molecule has 160 valence electrons. The number of rotatable bonds is 4. The first-order chi connectivity index (χ1) is 14.1. The van der Waals surface area contributed by atoms with Crippen LogP contribution in [0, 0.1) is 17.7 Å². The predicted molar refractivity (Wildman–Crippen MR) is 108 cm³/mol. The van der Waals surface area contributed by atoms with E-state index in [9.17, 15) is 18.8 Å². The van der Waals surface area contributed by atoms with Gasteiger partial charge in [-0.1, -0.05) is 19.1 Å². The fraction of sp³-hybridized carbons (Fsp3) is 0.435. The van der Waals surface area contributed by atoms with E-state index in [1.807, 2.05) is 6.92 Å². The molecule has 0 spiro atoms. The molecule has 0 unspecified atom stereocenters. The lowest BCUT2D eigenvalue weighted by atomic mass is 9.69. The first-order valence-electron chi connectivity index (χ1n) is 9.95. The number of Topliss-reactive ketones (excluding diaryl/α,β-unsaturated/α-hetero) is 1. The fourth-order valence-electron chi connectivity index (χ4n) is 4.25. The predicted octanol–water partition coefficient (Wildman–Crippen LogP) is 3.39. The monoisotopic (exact) mass is 415 g/mol. The number of ketones is 1. The van der Waals surface area contributed by atoms with E-state index in [1.54, 1.807) is 26.8 Å². The van der Waals surface area contributed by atoms with Crippen LogP contribution in [0.1, 0.15) is 45.6 Å². The van der Waals surface area contributed by atoms with Gasteiger partial charge in [-0.25, -0.2) is 9.18 Å². The minimum absolute atomic E-state index is 0.236. The quantitative estimate of drug-likeness (QED) is 0.600. The molecule has 1 heterocycles. The number of dihydropyridines is 1. The molecule has 1 aliphatic carbocycles. The SMILES string of the molecule is COC(=O)[C@@H]1C(=O)C2=C(C[C@H]1C)NC(C)=C(C(=O)OC(C)C)[C@@H]2c1cccc(F)c1. The highest BCUT2D eigenvalue weighted by atomic mass is 19.1. The Morgan fingerprint density at radius 2 is 1.97 bits per heavy atom. The van der Waals surface area contributed by atoms with Crippen molar-refractivity contribution in [1.82, 2.24) is 5.32 Å². The molecule has 6 nitrogen and oxygen atoms in total. The molecule has 0 radical (unpaired) electrons. The van der Waals surface area contributed by atoms with Gasteiger partial charge < -0.3 is 14.8 Å². The van der Waals surface area contributed by atoms with Gasteiger partial charge in [0.05, 0.1) is 18.8 Å². The highest BCUT2D eigenvalue weighted by Gasteiger charge is 2.47. The minimum Gasteiger partial charge on any atom is -0.468 e. The third-order valence-electron chi connectivity index (χ3n) is 5.49. The largest absolute Gasteiger partial charge is 0.468 e. The van der Waals surface area contributed by atoms with Crippen LogP contribution in [0.3, 0.4) is 0 Å². The van der Waals surface area contributed by atoms with Crippen molar-refractivity contribution < 1.29 is 28.2 Å². The molecule has 7 heteroatoms. The Hall–Kier alpha value is -2.96. The smallest absolute Gasteiger partial charge is 0.337 e. The van der Waals surface area contributed by atoms with E-state index in [1.165, 1.54) is 25.3 Å². The fourth-order valence-corrected chi connectivity index (χ4v) is 4.25. The maximum atomic E-state index is 14.1. The van der Waals surface area contributed by atoms with Gasteiger partial charge in [-0.15, -0.1) is 0 Å². The van der Waals surface area contributed by atoms with Crippen molar-refractivity contribution in [2.75, 3.05) is 7.11 Å². The molecule has 30 heavy (non-hydrogen) atoms. The van der Waals surface area contributed by atoms with Crippen LogP contribution in [0.25, 0.3) is 0 Å². The van der Waals surface area contributed by atoms with Crippen LogP contribution in [-0.2, 0) is 23.9 Å². The number of carbonyl (C=O) groups excluding carboxylic acids is 3. The zero-order chi connectivity index (χ0) is 22.2. The summed E-state index contributed by atoms with van der Waals surface area (Å²) < 4.78 is 24.3. The van der Waals surface area contributed by atoms with Crippen LogP contribution in [0.4, 0.5) is 4.39 Å². The normalized spacial score (nSPS) is 23.8. The Morgan fingerprint density at radius 1 is 1.27 bits per heavy atom. The summed E-state index contributed by atoms with van der Waals surface area (Å²) in [6, 6.07) is 5.79. The molecule has 0 aromatic heterocycles. The lowest BCUT2D eigenvalue weighted by molar-refractivity contribution is -0.151. The van der Waals surface area contributed by atoms with Crippen molar-refractivity contribution in [2.45, 2.75) is 46.1 Å². The van der Waals surface area contributed by atoms with E-state index in [-0.39, 0.29) is 23.2 Å². The summed E-state index contributed by atoms with van der Waals surface area (Å²) >= 11 is 0. The van der Waals surface area contributed by atoms with Gasteiger partial charge in [0.1, 0.15) is 11.7 Å². The average molecular weight is 415 g/mol. The van der Waals surface area contributed by atoms with Crippen molar-refractivity contribution in [3.05, 3.63) is 58.2 Å². The van der Waals surface area contributed by atoms with Crippen LogP contribution in [0.2, 0.25) is 0 Å². The second kappa shape index (κ2) is 8.42. The summed E-state index contributed by atoms with van der Waals surface area (Å²) in [7, 11) is 1.24. The highest BCUT2D eigenvalue weighted by Crippen LogP contribution is 2.45. The van der Waals surface area contributed by atoms with Gasteiger partial charge in [0, 0.05) is 22.9 Å². The highest BCUT2D eigenvalue weighted by molar-refractivity contribution is 6.12. The number of nitrogens with one attached hydrogen (secondary N) is 1. The molecule has 0 bridgehead atoms. The summed E-state index contributed by atoms with van der Waals surface area (Å²) in [6.45, 7) is 7.00. The van der Waals surface area contributed by atoms with Gasteiger partial charge in [0.2, 0.25) is 0 Å². The first kappa shape index (κ1) is 21.7. The third-order valence-corrected chi connectivity index (χ3v) is 5.49. The molecule has 1 aromatic carbocycles. The lowest BCUT2D eigenvalue weighted by Crippen LogP contribution is -2.43. The van der Waals surface area contributed by atoms with E-state index in [0.29, 0.717) is 23.4 Å². The van der Waals surface area contributed by atoms with Crippen LogP contribution in [-0.4, -0.2) is 30.9 Å². The number of hydrogen-bond donors (Lipinski definition) is 1. The number of hydrogen-bond acceptors (Lipinski definition) is 6. The van der Waals surface area contributed by atoms with Crippen molar-refractivity contribution >= 4 is 17.7 Å². The van der Waals surface area contributed by atoms with Crippen molar-refractivity contribution in [1.29, 1.82) is 0 Å². The maximum Gasteiger partial charge on any atom is 0.337 e. The molecular weight excluding hydrogens is 389 g/mol. The average Bonchev–Trinajstić information content (AvgIpc) is 2.65. The topological polar surface area (TPSA) is 81.7 Å². The van der Waals surface area contributed by atoms with Crippen LogP contribution >= 0.6 is 0 Å². The van der Waals surface area contributed by atoms with Crippen LogP contribution < -0.4 is 5.32 Å². The van der Waals surface area contributed by atoms with Crippen molar-refractivity contribution in [3.63, 3.8) is 0 Å². The third kappa shape index (κ3) is 3.88. The van der Waals surface area contributed by atoms with Gasteiger partial charge in [-0.3, -0.25) is 9.59 Å². The van der Waals surface area contributed by atoms with Gasteiger partial charge in [-0.2, -0.15) is 0 Å². The molecule has 0 fully saturated rings. The summed E-state index contributed by atoms with van der Waals surface area (Å²) in [5.74, 6) is -4.20. The van der Waals surface area contributed by atoms with Crippen molar-refractivity contribution in [3.8, 4) is 0 Å². The number of esters is 2. The van der Waals surface area contributed by atoms with Crippen LogP contribution in [0.5, 0.6) is 0 Å². The van der Waals surface area contributed by atoms with Gasteiger partial charge >= 0.3 is 11.9 Å². The Labute approximate surface area is 175 Å². The zero-order valence-electron chi connectivity index (χ0n) is 17.7. The number of halogens is 1. The molecule has 0 saturated heterocycles. The summed E-state index contributed by atoms with van der Waals surface area (Å²) in [4.78, 5) is 38.8. The van der Waals surface area contributed by atoms with E-state index in [2.05, 4.69) is 5.32 Å². The molecule has 1 aliphatic heterocycles. The molecular formula is C23H26FNO5. The van der Waals surface area contributed by atoms with Gasteiger partial charge in [0.15, 0.2) is 5.78 Å². The van der Waals surface area contributed by atoms with Crippen LogP contribution in [0.15, 0.2) is 46.8 Å². The zero-order valence-corrected chi connectivity index (χ0v) is 17.7. The Kier molecular flexibility index (Phi) is 6.10. The number of allylic oxidation sites excluding steroid dienone is 3.